The van der Waals surface area contributed by atoms with Crippen molar-refractivity contribution >= 4 is 23.3 Å². The minimum atomic E-state index is -0.390. The van der Waals surface area contributed by atoms with E-state index in [4.69, 9.17) is 5.73 Å². The predicted octanol–water partition coefficient (Wildman–Crippen LogP) is 2.17. The van der Waals surface area contributed by atoms with Gasteiger partial charge < -0.3 is 16.0 Å². The van der Waals surface area contributed by atoms with E-state index in [0.717, 1.165) is 25.2 Å². The van der Waals surface area contributed by atoms with Crippen molar-refractivity contribution < 1.29 is 14.0 Å². The maximum Gasteiger partial charge on any atom is 0.255 e. The number of nitrogens with zero attached hydrogens (tertiary/aromatic N) is 2. The van der Waals surface area contributed by atoms with Crippen LogP contribution in [-0.4, -0.2) is 29.9 Å². The van der Waals surface area contributed by atoms with Gasteiger partial charge in [0.1, 0.15) is 11.6 Å². The van der Waals surface area contributed by atoms with Crippen molar-refractivity contribution in [1.29, 1.82) is 0 Å². The normalized spacial score (nSPS) is 17.2. The number of hydrogen-bond acceptors (Lipinski definition) is 4. The average Bonchev–Trinajstić information content (AvgIpc) is 2.63. The van der Waals surface area contributed by atoms with Crippen molar-refractivity contribution in [3.63, 3.8) is 0 Å². The summed E-state index contributed by atoms with van der Waals surface area (Å²) in [6.45, 7) is 1.38. The molecule has 1 aliphatic heterocycles. The van der Waals surface area contributed by atoms with Crippen LogP contribution >= 0.6 is 0 Å². The number of primary amides is 1. The largest absolute Gasteiger partial charge is 0.369 e. The topological polar surface area (TPSA) is 88.3 Å². The van der Waals surface area contributed by atoms with Gasteiger partial charge in [-0.2, -0.15) is 0 Å². The molecular formula is C18H19FN4O2. The van der Waals surface area contributed by atoms with E-state index in [2.05, 4.69) is 10.3 Å². The van der Waals surface area contributed by atoms with Crippen LogP contribution in [0.15, 0.2) is 42.6 Å². The van der Waals surface area contributed by atoms with Crippen LogP contribution in [0.25, 0.3) is 0 Å². The second-order valence-corrected chi connectivity index (χ2v) is 6.05. The van der Waals surface area contributed by atoms with Gasteiger partial charge in [0.15, 0.2) is 0 Å². The Kier molecular flexibility index (Phi) is 4.92. The van der Waals surface area contributed by atoms with Gasteiger partial charge in [-0.1, -0.05) is 0 Å². The Morgan fingerprint density at radius 2 is 1.96 bits per heavy atom. The quantitative estimate of drug-likeness (QED) is 0.891. The number of carbonyl (C=O) groups excluding carboxylic acids is 2. The molecule has 6 nitrogen and oxygen atoms in total. The number of pyridine rings is 1. The third-order valence-corrected chi connectivity index (χ3v) is 4.26. The summed E-state index contributed by atoms with van der Waals surface area (Å²) in [7, 11) is 0. The van der Waals surface area contributed by atoms with Gasteiger partial charge in [-0.3, -0.25) is 9.59 Å². The van der Waals surface area contributed by atoms with Gasteiger partial charge in [0, 0.05) is 18.7 Å². The zero-order valence-corrected chi connectivity index (χ0v) is 13.6. The highest BCUT2D eigenvalue weighted by Gasteiger charge is 2.24. The second kappa shape index (κ2) is 7.29. The fourth-order valence-electron chi connectivity index (χ4n) is 2.87. The molecule has 1 saturated heterocycles. The Morgan fingerprint density at radius 3 is 2.60 bits per heavy atom. The summed E-state index contributed by atoms with van der Waals surface area (Å²) in [4.78, 5) is 29.8. The molecule has 7 heteroatoms. The highest BCUT2D eigenvalue weighted by molar-refractivity contribution is 6.04. The highest BCUT2D eigenvalue weighted by Crippen LogP contribution is 2.22. The van der Waals surface area contributed by atoms with Gasteiger partial charge in [-0.15, -0.1) is 0 Å². The van der Waals surface area contributed by atoms with Crippen molar-refractivity contribution in [1.82, 2.24) is 4.98 Å². The van der Waals surface area contributed by atoms with E-state index in [-0.39, 0.29) is 17.7 Å². The summed E-state index contributed by atoms with van der Waals surface area (Å²) in [5.74, 6) is -0.424. The molecule has 0 spiro atoms. The molecule has 1 atom stereocenters. The molecule has 2 amide bonds. The summed E-state index contributed by atoms with van der Waals surface area (Å²) in [5.41, 5.74) is 6.30. The molecule has 130 valence electrons. The van der Waals surface area contributed by atoms with Gasteiger partial charge in [0.05, 0.1) is 17.8 Å². The average molecular weight is 342 g/mol. The van der Waals surface area contributed by atoms with Gasteiger partial charge >= 0.3 is 0 Å². The molecule has 2 aromatic rings. The van der Waals surface area contributed by atoms with Crippen LogP contribution in [-0.2, 0) is 4.79 Å². The minimum absolute atomic E-state index is 0.159. The first kappa shape index (κ1) is 16.9. The van der Waals surface area contributed by atoms with Crippen LogP contribution in [0, 0.1) is 11.7 Å². The molecule has 3 N–H and O–H groups in total. The second-order valence-electron chi connectivity index (χ2n) is 6.05. The Morgan fingerprint density at radius 1 is 1.20 bits per heavy atom. The Balaban J connectivity index is 1.65. The molecular weight excluding hydrogens is 323 g/mol. The lowest BCUT2D eigenvalue weighted by Gasteiger charge is -2.32. The number of rotatable bonds is 4. The first-order chi connectivity index (χ1) is 12.0. The van der Waals surface area contributed by atoms with Crippen LogP contribution < -0.4 is 16.0 Å². The summed E-state index contributed by atoms with van der Waals surface area (Å²) >= 11 is 0. The number of amides is 2. The van der Waals surface area contributed by atoms with Gasteiger partial charge in [-0.25, -0.2) is 9.37 Å². The maximum absolute atomic E-state index is 12.9. The first-order valence-electron chi connectivity index (χ1n) is 8.10. The molecule has 3 rings (SSSR count). The number of halogens is 1. The highest BCUT2D eigenvalue weighted by atomic mass is 19.1. The molecule has 0 aliphatic carbocycles. The summed E-state index contributed by atoms with van der Waals surface area (Å²) in [6, 6.07) is 8.86. The number of benzene rings is 1. The smallest absolute Gasteiger partial charge is 0.255 e. The van der Waals surface area contributed by atoms with Gasteiger partial charge in [-0.05, 0) is 49.2 Å². The van der Waals surface area contributed by atoms with Crippen molar-refractivity contribution in [2.75, 3.05) is 23.3 Å². The minimum Gasteiger partial charge on any atom is -0.369 e. The van der Waals surface area contributed by atoms with E-state index >= 15 is 0 Å². The SMILES string of the molecule is NC(=O)C1CCCN(c2ccc(NC(=O)c3ccc(F)cc3)cn2)C1. The lowest BCUT2D eigenvalue weighted by atomic mass is 9.97. The maximum atomic E-state index is 12.9. The Labute approximate surface area is 144 Å². The van der Waals surface area contributed by atoms with E-state index in [0.29, 0.717) is 17.8 Å². The van der Waals surface area contributed by atoms with Crippen molar-refractivity contribution in [3.8, 4) is 0 Å². The lowest BCUT2D eigenvalue weighted by Crippen LogP contribution is -2.41. The molecule has 1 unspecified atom stereocenters. The summed E-state index contributed by atoms with van der Waals surface area (Å²) in [6.07, 6.45) is 3.25. The lowest BCUT2D eigenvalue weighted by molar-refractivity contribution is -0.122. The van der Waals surface area contributed by atoms with Crippen LogP contribution in [0.4, 0.5) is 15.9 Å². The third kappa shape index (κ3) is 4.12. The van der Waals surface area contributed by atoms with Crippen LogP contribution in [0.1, 0.15) is 23.2 Å². The van der Waals surface area contributed by atoms with Crippen molar-refractivity contribution in [2.45, 2.75) is 12.8 Å². The summed E-state index contributed by atoms with van der Waals surface area (Å²) in [5, 5.41) is 2.72. The molecule has 0 radical (unpaired) electrons. The van der Waals surface area contributed by atoms with E-state index < -0.39 is 5.82 Å². The molecule has 25 heavy (non-hydrogen) atoms. The van der Waals surface area contributed by atoms with E-state index in [1.165, 1.54) is 24.3 Å². The molecule has 1 aromatic heterocycles. The molecule has 0 bridgehead atoms. The number of anilines is 2. The van der Waals surface area contributed by atoms with Gasteiger partial charge in [0.2, 0.25) is 5.91 Å². The zero-order chi connectivity index (χ0) is 17.8. The monoisotopic (exact) mass is 342 g/mol. The zero-order valence-electron chi connectivity index (χ0n) is 13.6. The number of carbonyl (C=O) groups is 2. The Bertz CT molecular complexity index is 762. The number of nitrogens with two attached hydrogens (primary N) is 1. The van der Waals surface area contributed by atoms with E-state index in [1.54, 1.807) is 18.3 Å². The van der Waals surface area contributed by atoms with Crippen LogP contribution in [0.3, 0.4) is 0 Å². The third-order valence-electron chi connectivity index (χ3n) is 4.26. The number of nitrogens with one attached hydrogen (secondary N) is 1. The van der Waals surface area contributed by atoms with E-state index in [1.807, 2.05) is 4.90 Å². The molecule has 1 fully saturated rings. The van der Waals surface area contributed by atoms with Crippen molar-refractivity contribution in [2.24, 2.45) is 11.7 Å². The predicted molar refractivity (Wildman–Crippen MR) is 92.7 cm³/mol. The fourth-order valence-corrected chi connectivity index (χ4v) is 2.87. The van der Waals surface area contributed by atoms with Crippen molar-refractivity contribution in [3.05, 3.63) is 54.0 Å². The summed E-state index contributed by atoms with van der Waals surface area (Å²) < 4.78 is 12.9. The van der Waals surface area contributed by atoms with Gasteiger partial charge in [0.25, 0.3) is 5.91 Å². The van der Waals surface area contributed by atoms with Crippen LogP contribution in [0.5, 0.6) is 0 Å². The standard InChI is InChI=1S/C18H19FN4O2/c19-14-5-3-12(4-6-14)18(25)22-15-7-8-16(21-10-15)23-9-1-2-13(11-23)17(20)24/h3-8,10,13H,1-2,9,11H2,(H2,20,24)(H,22,25). The number of aromatic nitrogens is 1. The first-order valence-corrected chi connectivity index (χ1v) is 8.10. The molecule has 1 aromatic carbocycles. The van der Waals surface area contributed by atoms with E-state index in [9.17, 15) is 14.0 Å². The molecule has 0 saturated carbocycles. The molecule has 1 aliphatic rings. The fraction of sp³-hybridized carbons (Fsp3) is 0.278. The molecule has 2 heterocycles. The van der Waals surface area contributed by atoms with Crippen LogP contribution in [0.2, 0.25) is 0 Å². The number of piperidine rings is 1. The number of hydrogen-bond donors (Lipinski definition) is 2. The Hall–Kier alpha value is -2.96.